The lowest BCUT2D eigenvalue weighted by molar-refractivity contribution is -0.133. The number of methoxy groups -OCH3 is 1. The van der Waals surface area contributed by atoms with Gasteiger partial charge in [-0.3, -0.25) is 9.89 Å². The minimum atomic E-state index is -0.912. The Balaban J connectivity index is 2.21. The van der Waals surface area contributed by atoms with E-state index >= 15 is 0 Å². The number of aromatic nitrogens is 4. The van der Waals surface area contributed by atoms with Crippen molar-refractivity contribution >= 4 is 17.7 Å². The van der Waals surface area contributed by atoms with Crippen LogP contribution in [0.1, 0.15) is 0 Å². The summed E-state index contributed by atoms with van der Waals surface area (Å²) in [6.07, 6.45) is 1.61. The number of aromatic amines is 1. The van der Waals surface area contributed by atoms with Gasteiger partial charge in [0.25, 0.3) is 0 Å². The van der Waals surface area contributed by atoms with Crippen molar-refractivity contribution in [3.05, 3.63) is 18.3 Å². The molecule has 0 atom stereocenters. The number of hydrogen-bond acceptors (Lipinski definition) is 6. The van der Waals surface area contributed by atoms with Gasteiger partial charge in [-0.2, -0.15) is 0 Å². The van der Waals surface area contributed by atoms with Crippen LogP contribution in [0.25, 0.3) is 11.4 Å². The van der Waals surface area contributed by atoms with Crippen molar-refractivity contribution in [2.75, 3.05) is 12.9 Å². The number of thioether (sulfide) groups is 1. The summed E-state index contributed by atoms with van der Waals surface area (Å²) >= 11 is 1.04. The van der Waals surface area contributed by atoms with Gasteiger partial charge >= 0.3 is 5.97 Å². The number of carboxylic acids is 1. The molecule has 2 aromatic rings. The molecule has 2 N–H and O–H groups in total. The van der Waals surface area contributed by atoms with Crippen LogP contribution in [0.15, 0.2) is 23.5 Å². The number of hydrogen-bond donors (Lipinski definition) is 2. The standard InChI is InChI=1S/C10H10N4O3S/c1-17-9-6(3-2-4-11-9)8-12-10(14-13-8)18-5-7(15)16/h2-4H,5H2,1H3,(H,15,16)(H,12,13,14). The summed E-state index contributed by atoms with van der Waals surface area (Å²) in [5.74, 6) is -0.0665. The lowest BCUT2D eigenvalue weighted by Crippen LogP contribution is -1.97. The molecule has 0 aliphatic rings. The summed E-state index contributed by atoms with van der Waals surface area (Å²) in [5, 5.41) is 15.6. The number of nitrogens with zero attached hydrogens (tertiary/aromatic N) is 3. The lowest BCUT2D eigenvalue weighted by Gasteiger charge is -2.02. The van der Waals surface area contributed by atoms with Crippen molar-refractivity contribution < 1.29 is 14.6 Å². The Kier molecular flexibility index (Phi) is 3.78. The number of pyridine rings is 1. The maximum absolute atomic E-state index is 10.4. The van der Waals surface area contributed by atoms with Crippen molar-refractivity contribution in [2.24, 2.45) is 0 Å². The molecule has 0 radical (unpaired) electrons. The highest BCUT2D eigenvalue weighted by molar-refractivity contribution is 7.99. The molecule has 0 aromatic carbocycles. The number of rotatable bonds is 5. The first-order chi connectivity index (χ1) is 8.70. The second-order valence-electron chi connectivity index (χ2n) is 3.21. The van der Waals surface area contributed by atoms with E-state index in [9.17, 15) is 4.79 Å². The number of aliphatic carboxylic acids is 1. The Morgan fingerprint density at radius 2 is 2.44 bits per heavy atom. The van der Waals surface area contributed by atoms with E-state index in [0.717, 1.165) is 11.8 Å². The largest absolute Gasteiger partial charge is 0.481 e. The van der Waals surface area contributed by atoms with Gasteiger partial charge in [-0.1, -0.05) is 11.8 Å². The monoisotopic (exact) mass is 266 g/mol. The van der Waals surface area contributed by atoms with Crippen LogP contribution in [0.3, 0.4) is 0 Å². The summed E-state index contributed by atoms with van der Waals surface area (Å²) in [6.45, 7) is 0. The quantitative estimate of drug-likeness (QED) is 0.780. The Hall–Kier alpha value is -2.09. The molecular weight excluding hydrogens is 256 g/mol. The highest BCUT2D eigenvalue weighted by Crippen LogP contribution is 2.25. The fourth-order valence-corrected chi connectivity index (χ4v) is 1.81. The topological polar surface area (TPSA) is 101 Å². The van der Waals surface area contributed by atoms with Crippen LogP contribution in [-0.4, -0.2) is 44.1 Å². The molecule has 0 saturated carbocycles. The molecular formula is C10H10N4O3S. The van der Waals surface area contributed by atoms with Gasteiger partial charge < -0.3 is 9.84 Å². The Bertz CT molecular complexity index is 558. The molecule has 0 unspecified atom stereocenters. The van der Waals surface area contributed by atoms with Gasteiger partial charge in [0, 0.05) is 6.20 Å². The second-order valence-corrected chi connectivity index (χ2v) is 4.15. The molecule has 0 saturated heterocycles. The number of carboxylic acid groups (broad SMARTS) is 1. The van der Waals surface area contributed by atoms with Gasteiger partial charge in [-0.05, 0) is 12.1 Å². The van der Waals surface area contributed by atoms with Gasteiger partial charge in [0.15, 0.2) is 5.82 Å². The van der Waals surface area contributed by atoms with E-state index in [1.807, 2.05) is 0 Å². The first-order valence-electron chi connectivity index (χ1n) is 4.97. The third-order valence-electron chi connectivity index (χ3n) is 2.01. The van der Waals surface area contributed by atoms with Gasteiger partial charge in [0.2, 0.25) is 11.0 Å². The molecule has 8 heteroatoms. The minimum absolute atomic E-state index is 0.0819. The molecule has 0 aliphatic heterocycles. The molecule has 18 heavy (non-hydrogen) atoms. The SMILES string of the molecule is COc1ncccc1-c1nc(SCC(=O)O)n[nH]1. The van der Waals surface area contributed by atoms with Crippen molar-refractivity contribution in [1.29, 1.82) is 0 Å². The van der Waals surface area contributed by atoms with Crippen molar-refractivity contribution in [2.45, 2.75) is 5.16 Å². The average molecular weight is 266 g/mol. The van der Waals surface area contributed by atoms with E-state index in [2.05, 4.69) is 20.2 Å². The third-order valence-corrected chi connectivity index (χ3v) is 2.84. The molecule has 0 bridgehead atoms. The fourth-order valence-electron chi connectivity index (χ4n) is 1.29. The highest BCUT2D eigenvalue weighted by Gasteiger charge is 2.12. The van der Waals surface area contributed by atoms with Crippen LogP contribution in [0, 0.1) is 0 Å². The number of H-pyrrole nitrogens is 1. The molecule has 2 heterocycles. The van der Waals surface area contributed by atoms with Gasteiger partial charge in [0.05, 0.1) is 18.4 Å². The summed E-state index contributed by atoms with van der Waals surface area (Å²) in [5.41, 5.74) is 0.676. The van der Waals surface area contributed by atoms with Crippen molar-refractivity contribution in [3.63, 3.8) is 0 Å². The lowest BCUT2D eigenvalue weighted by atomic mass is 10.2. The Morgan fingerprint density at radius 1 is 1.61 bits per heavy atom. The Morgan fingerprint density at radius 3 is 3.17 bits per heavy atom. The number of ether oxygens (including phenoxy) is 1. The van der Waals surface area contributed by atoms with Crippen LogP contribution in [-0.2, 0) is 4.79 Å². The molecule has 0 fully saturated rings. The zero-order valence-corrected chi connectivity index (χ0v) is 10.3. The smallest absolute Gasteiger partial charge is 0.313 e. The predicted octanol–water partition coefficient (Wildman–Crippen LogP) is 1.05. The van der Waals surface area contributed by atoms with Gasteiger partial charge in [0.1, 0.15) is 0 Å². The molecule has 0 spiro atoms. The van der Waals surface area contributed by atoms with E-state index in [0.29, 0.717) is 22.4 Å². The van der Waals surface area contributed by atoms with Gasteiger partial charge in [-0.25, -0.2) is 9.97 Å². The Labute approximate surface area is 107 Å². The maximum Gasteiger partial charge on any atom is 0.313 e. The molecule has 2 aromatic heterocycles. The first kappa shape index (κ1) is 12.4. The van der Waals surface area contributed by atoms with Crippen LogP contribution < -0.4 is 4.74 Å². The normalized spacial score (nSPS) is 10.3. The average Bonchev–Trinajstić information content (AvgIpc) is 2.85. The molecule has 2 rings (SSSR count). The second kappa shape index (κ2) is 5.50. The van der Waals surface area contributed by atoms with E-state index in [1.165, 1.54) is 7.11 Å². The number of carbonyl (C=O) groups is 1. The maximum atomic E-state index is 10.4. The fraction of sp³-hybridized carbons (Fsp3) is 0.200. The molecule has 7 nitrogen and oxygen atoms in total. The van der Waals surface area contributed by atoms with Crippen LogP contribution >= 0.6 is 11.8 Å². The molecule has 94 valence electrons. The summed E-state index contributed by atoms with van der Waals surface area (Å²) in [7, 11) is 1.52. The highest BCUT2D eigenvalue weighted by atomic mass is 32.2. The van der Waals surface area contributed by atoms with E-state index in [1.54, 1.807) is 18.3 Å². The predicted molar refractivity (Wildman–Crippen MR) is 64.5 cm³/mol. The zero-order valence-electron chi connectivity index (χ0n) is 9.45. The van der Waals surface area contributed by atoms with Crippen LogP contribution in [0.4, 0.5) is 0 Å². The molecule has 0 amide bonds. The molecule has 0 aliphatic carbocycles. The number of nitrogens with one attached hydrogen (secondary N) is 1. The van der Waals surface area contributed by atoms with Gasteiger partial charge in [-0.15, -0.1) is 5.10 Å². The summed E-state index contributed by atoms with van der Waals surface area (Å²) in [6, 6.07) is 3.54. The van der Waals surface area contributed by atoms with Crippen molar-refractivity contribution in [1.82, 2.24) is 20.2 Å². The first-order valence-corrected chi connectivity index (χ1v) is 5.95. The third kappa shape index (κ3) is 2.77. The van der Waals surface area contributed by atoms with E-state index in [-0.39, 0.29) is 5.75 Å². The summed E-state index contributed by atoms with van der Waals surface area (Å²) in [4.78, 5) is 18.7. The van der Waals surface area contributed by atoms with Crippen LogP contribution in [0.5, 0.6) is 5.88 Å². The summed E-state index contributed by atoms with van der Waals surface area (Å²) < 4.78 is 5.11. The minimum Gasteiger partial charge on any atom is -0.481 e. The zero-order chi connectivity index (χ0) is 13.0. The van der Waals surface area contributed by atoms with E-state index in [4.69, 9.17) is 9.84 Å². The van der Waals surface area contributed by atoms with E-state index < -0.39 is 5.97 Å². The van der Waals surface area contributed by atoms with Crippen molar-refractivity contribution in [3.8, 4) is 17.3 Å². The van der Waals surface area contributed by atoms with Crippen LogP contribution in [0.2, 0.25) is 0 Å².